The lowest BCUT2D eigenvalue weighted by Crippen LogP contribution is -2.50. The van der Waals surface area contributed by atoms with Crippen molar-refractivity contribution in [3.63, 3.8) is 0 Å². The molecule has 0 amide bonds. The fraction of sp³-hybridized carbons (Fsp3) is 0.318. The van der Waals surface area contributed by atoms with E-state index in [1.807, 2.05) is 42.5 Å². The largest absolute Gasteiger partial charge is 0.486 e. The number of Topliss-reactive ketones (excluding diaryl/α,β-unsaturated/α-hetero) is 1. The van der Waals surface area contributed by atoms with Crippen LogP contribution in [0.15, 0.2) is 51.4 Å². The molecule has 0 aliphatic carbocycles. The number of nitrogens with zero attached hydrogens (tertiary/aromatic N) is 3. The molecule has 3 heterocycles. The number of ketones is 1. The highest BCUT2D eigenvalue weighted by atomic mass is 127. The highest BCUT2D eigenvalue weighted by molar-refractivity contribution is 14.1. The number of carbonyl (C=O) groups is 1. The van der Waals surface area contributed by atoms with Gasteiger partial charge in [-0.15, -0.1) is 10.2 Å². The molecule has 0 bridgehead atoms. The van der Waals surface area contributed by atoms with Gasteiger partial charge in [-0.3, -0.25) is 9.69 Å². The maximum atomic E-state index is 12.7. The van der Waals surface area contributed by atoms with Crippen molar-refractivity contribution in [1.29, 1.82) is 0 Å². The van der Waals surface area contributed by atoms with Gasteiger partial charge in [0.1, 0.15) is 11.4 Å². The molecule has 1 saturated heterocycles. The molecule has 1 fully saturated rings. The van der Waals surface area contributed by atoms with Crippen LogP contribution in [0.5, 0.6) is 5.75 Å². The molecule has 1 spiro atoms. The maximum absolute atomic E-state index is 12.7. The van der Waals surface area contributed by atoms with E-state index < -0.39 is 5.60 Å². The first-order chi connectivity index (χ1) is 14.5. The summed E-state index contributed by atoms with van der Waals surface area (Å²) < 4.78 is 14.3. The quantitative estimate of drug-likeness (QED) is 0.402. The van der Waals surface area contributed by atoms with E-state index in [2.05, 4.69) is 53.6 Å². The van der Waals surface area contributed by atoms with Gasteiger partial charge in [-0.05, 0) is 65.1 Å². The van der Waals surface area contributed by atoms with E-state index in [1.165, 1.54) is 0 Å². The van der Waals surface area contributed by atoms with Gasteiger partial charge in [0.25, 0.3) is 0 Å². The molecule has 2 aromatic carbocycles. The number of rotatable bonds is 3. The van der Waals surface area contributed by atoms with Crippen molar-refractivity contribution in [3.8, 4) is 17.2 Å². The second kappa shape index (κ2) is 8.05. The Hall–Kier alpha value is -1.78. The molecule has 0 saturated carbocycles. The van der Waals surface area contributed by atoms with Crippen molar-refractivity contribution >= 4 is 44.3 Å². The normalized spacial score (nSPS) is 18.3. The van der Waals surface area contributed by atoms with Gasteiger partial charge in [-0.1, -0.05) is 15.9 Å². The summed E-state index contributed by atoms with van der Waals surface area (Å²) in [4.78, 5) is 14.9. The van der Waals surface area contributed by atoms with E-state index >= 15 is 0 Å². The van der Waals surface area contributed by atoms with Crippen molar-refractivity contribution in [1.82, 2.24) is 15.1 Å². The van der Waals surface area contributed by atoms with Crippen LogP contribution in [0.2, 0.25) is 0 Å². The molecular formula is C22H19BrIN3O3. The van der Waals surface area contributed by atoms with E-state index in [0.717, 1.165) is 39.5 Å². The number of likely N-dealkylation sites (tertiary alicyclic amines) is 1. The smallest absolute Gasteiger partial charge is 0.247 e. The second-order valence-corrected chi connectivity index (χ2v) is 9.97. The Labute approximate surface area is 196 Å². The zero-order valence-corrected chi connectivity index (χ0v) is 19.8. The van der Waals surface area contributed by atoms with Crippen LogP contribution in [0.3, 0.4) is 0 Å². The Bertz CT molecular complexity index is 1090. The van der Waals surface area contributed by atoms with Crippen molar-refractivity contribution in [2.75, 3.05) is 13.1 Å². The lowest BCUT2D eigenvalue weighted by atomic mass is 9.82. The molecule has 5 rings (SSSR count). The Kier molecular flexibility index (Phi) is 5.40. The number of hydrogen-bond acceptors (Lipinski definition) is 6. The molecule has 2 aliphatic heterocycles. The zero-order valence-electron chi connectivity index (χ0n) is 16.1. The van der Waals surface area contributed by atoms with Crippen LogP contribution in [0, 0.1) is 3.57 Å². The number of halogens is 2. The fourth-order valence-corrected chi connectivity index (χ4v) is 4.78. The summed E-state index contributed by atoms with van der Waals surface area (Å²) in [5.41, 5.74) is 1.19. The molecule has 0 atom stereocenters. The summed E-state index contributed by atoms with van der Waals surface area (Å²) >= 11 is 5.74. The van der Waals surface area contributed by atoms with E-state index in [-0.39, 0.29) is 5.78 Å². The van der Waals surface area contributed by atoms with Gasteiger partial charge in [-0.2, -0.15) is 0 Å². The zero-order chi connectivity index (χ0) is 20.7. The minimum Gasteiger partial charge on any atom is -0.486 e. The Morgan fingerprint density at radius 2 is 1.87 bits per heavy atom. The van der Waals surface area contributed by atoms with Crippen LogP contribution >= 0.6 is 38.5 Å². The third kappa shape index (κ3) is 4.04. The topological polar surface area (TPSA) is 68.5 Å². The summed E-state index contributed by atoms with van der Waals surface area (Å²) in [6.45, 7) is 2.24. The van der Waals surface area contributed by atoms with Crippen LogP contribution in [0.25, 0.3) is 11.5 Å². The third-order valence-electron chi connectivity index (χ3n) is 5.74. The minimum atomic E-state index is -0.414. The molecule has 0 radical (unpaired) electrons. The Morgan fingerprint density at radius 3 is 2.63 bits per heavy atom. The van der Waals surface area contributed by atoms with Crippen molar-refractivity contribution in [3.05, 3.63) is 62.0 Å². The SMILES string of the molecule is O=C1CC2(CCN(Cc3nnc(-c4ccc(I)cc4)o3)CC2)Oc2cc(Br)ccc21. The third-order valence-corrected chi connectivity index (χ3v) is 6.95. The molecule has 6 nitrogen and oxygen atoms in total. The number of aromatic nitrogens is 2. The average molecular weight is 580 g/mol. The lowest BCUT2D eigenvalue weighted by Gasteiger charge is -2.43. The van der Waals surface area contributed by atoms with Gasteiger partial charge in [0.15, 0.2) is 5.78 Å². The summed E-state index contributed by atoms with van der Waals surface area (Å²) in [7, 11) is 0. The molecular weight excluding hydrogens is 561 g/mol. The number of fused-ring (bicyclic) bond motifs is 1. The van der Waals surface area contributed by atoms with Gasteiger partial charge < -0.3 is 9.15 Å². The number of hydrogen-bond donors (Lipinski definition) is 0. The highest BCUT2D eigenvalue weighted by Gasteiger charge is 2.43. The van der Waals surface area contributed by atoms with E-state index in [1.54, 1.807) is 0 Å². The van der Waals surface area contributed by atoms with Crippen LogP contribution in [-0.2, 0) is 6.54 Å². The van der Waals surface area contributed by atoms with E-state index in [9.17, 15) is 4.79 Å². The number of ether oxygens (including phenoxy) is 1. The Balaban J connectivity index is 1.24. The second-order valence-electron chi connectivity index (χ2n) is 7.81. The summed E-state index contributed by atoms with van der Waals surface area (Å²) in [5, 5.41) is 8.40. The maximum Gasteiger partial charge on any atom is 0.247 e. The molecule has 30 heavy (non-hydrogen) atoms. The van der Waals surface area contributed by atoms with Gasteiger partial charge >= 0.3 is 0 Å². The van der Waals surface area contributed by atoms with Gasteiger partial charge in [-0.25, -0.2) is 0 Å². The van der Waals surface area contributed by atoms with Gasteiger partial charge in [0, 0.05) is 39.5 Å². The minimum absolute atomic E-state index is 0.163. The predicted octanol–water partition coefficient (Wildman–Crippen LogP) is 5.10. The fourth-order valence-electron chi connectivity index (χ4n) is 4.08. The number of benzene rings is 2. The van der Waals surface area contributed by atoms with Crippen LogP contribution in [0.1, 0.15) is 35.5 Å². The van der Waals surface area contributed by atoms with Crippen LogP contribution in [-0.4, -0.2) is 39.6 Å². The van der Waals surface area contributed by atoms with Crippen LogP contribution < -0.4 is 4.74 Å². The first-order valence-corrected chi connectivity index (χ1v) is 11.7. The van der Waals surface area contributed by atoms with Crippen molar-refractivity contribution < 1.29 is 13.9 Å². The lowest BCUT2D eigenvalue weighted by molar-refractivity contribution is -0.0123. The summed E-state index contributed by atoms with van der Waals surface area (Å²) in [6.07, 6.45) is 2.03. The van der Waals surface area contributed by atoms with Crippen molar-refractivity contribution in [2.45, 2.75) is 31.4 Å². The summed E-state index contributed by atoms with van der Waals surface area (Å²) in [6, 6.07) is 13.6. The molecule has 0 unspecified atom stereocenters. The standard InChI is InChI=1S/C22H19BrIN3O3/c23-15-3-6-17-18(28)12-22(30-19(17)11-15)7-9-27(10-8-22)13-20-25-26-21(29-20)14-1-4-16(24)5-2-14/h1-6,11H,7-10,12-13H2. The highest BCUT2D eigenvalue weighted by Crippen LogP contribution is 2.40. The summed E-state index contributed by atoms with van der Waals surface area (Å²) in [5.74, 6) is 2.00. The molecule has 2 aliphatic rings. The first kappa shape index (κ1) is 20.1. The van der Waals surface area contributed by atoms with E-state index in [4.69, 9.17) is 9.15 Å². The number of carbonyl (C=O) groups excluding carboxylic acids is 1. The molecule has 3 aromatic rings. The average Bonchev–Trinajstić information content (AvgIpc) is 3.18. The Morgan fingerprint density at radius 1 is 1.10 bits per heavy atom. The van der Waals surface area contributed by atoms with Gasteiger partial charge in [0.2, 0.25) is 11.8 Å². The number of piperidine rings is 1. The molecule has 154 valence electrons. The molecule has 1 aromatic heterocycles. The van der Waals surface area contributed by atoms with Crippen molar-refractivity contribution in [2.24, 2.45) is 0 Å². The molecule has 8 heteroatoms. The molecule has 0 N–H and O–H groups in total. The van der Waals surface area contributed by atoms with Gasteiger partial charge in [0.05, 0.1) is 18.5 Å². The van der Waals surface area contributed by atoms with E-state index in [0.29, 0.717) is 36.1 Å². The first-order valence-electron chi connectivity index (χ1n) is 9.82. The monoisotopic (exact) mass is 579 g/mol. The predicted molar refractivity (Wildman–Crippen MR) is 123 cm³/mol. The van der Waals surface area contributed by atoms with Crippen LogP contribution in [0.4, 0.5) is 0 Å².